The van der Waals surface area contributed by atoms with Crippen molar-refractivity contribution in [2.75, 3.05) is 33.3 Å². The van der Waals surface area contributed by atoms with Crippen molar-refractivity contribution >= 4 is 6.72 Å². The molecule has 3 aliphatic heterocycles. The summed E-state index contributed by atoms with van der Waals surface area (Å²) in [6.45, 7) is 8.32. The SMILES string of the molecule is C=N[C@@]1(OCC(c2ccccc2)C2CCCC2)C[N+]2(C)CCC1CC2. The van der Waals surface area contributed by atoms with Gasteiger partial charge in [-0.3, -0.25) is 4.99 Å². The molecule has 1 aromatic rings. The van der Waals surface area contributed by atoms with Crippen molar-refractivity contribution in [2.24, 2.45) is 16.8 Å². The minimum atomic E-state index is -0.350. The summed E-state index contributed by atoms with van der Waals surface area (Å²) in [6.07, 6.45) is 7.89. The summed E-state index contributed by atoms with van der Waals surface area (Å²) in [5.41, 5.74) is 1.09. The molecule has 2 bridgehead atoms. The normalized spacial score (nSPS) is 36.4. The van der Waals surface area contributed by atoms with Gasteiger partial charge in [-0.2, -0.15) is 0 Å². The number of hydrogen-bond donors (Lipinski definition) is 0. The van der Waals surface area contributed by atoms with Crippen molar-refractivity contribution in [2.45, 2.75) is 50.2 Å². The van der Waals surface area contributed by atoms with E-state index in [2.05, 4.69) is 49.1 Å². The molecule has 4 fully saturated rings. The summed E-state index contributed by atoms with van der Waals surface area (Å²) in [4.78, 5) is 4.61. The molecule has 5 rings (SSSR count). The van der Waals surface area contributed by atoms with Crippen LogP contribution in [0, 0.1) is 11.8 Å². The predicted molar refractivity (Wildman–Crippen MR) is 103 cm³/mol. The van der Waals surface area contributed by atoms with E-state index in [0.717, 1.165) is 23.6 Å². The van der Waals surface area contributed by atoms with E-state index in [4.69, 9.17) is 4.74 Å². The van der Waals surface area contributed by atoms with E-state index in [1.807, 2.05) is 0 Å². The monoisotopic (exact) mass is 341 g/mol. The molecule has 1 aromatic carbocycles. The summed E-state index contributed by atoms with van der Waals surface area (Å²) in [7, 11) is 2.37. The van der Waals surface area contributed by atoms with Crippen molar-refractivity contribution in [3.63, 3.8) is 0 Å². The van der Waals surface area contributed by atoms with Gasteiger partial charge in [0.25, 0.3) is 0 Å². The second-order valence-electron chi connectivity index (χ2n) is 8.87. The van der Waals surface area contributed by atoms with Gasteiger partial charge >= 0.3 is 0 Å². The molecule has 3 heterocycles. The summed E-state index contributed by atoms with van der Waals surface area (Å²) in [5.74, 6) is 1.82. The highest BCUT2D eigenvalue weighted by Gasteiger charge is 2.54. The van der Waals surface area contributed by atoms with Crippen LogP contribution in [0.3, 0.4) is 0 Å². The van der Waals surface area contributed by atoms with Gasteiger partial charge in [-0.25, -0.2) is 0 Å². The molecule has 1 unspecified atom stereocenters. The Bertz CT molecular complexity index is 587. The Hall–Kier alpha value is -1.19. The number of rotatable bonds is 6. The molecule has 3 nitrogen and oxygen atoms in total. The fourth-order valence-electron chi connectivity index (χ4n) is 5.66. The number of hydrogen-bond acceptors (Lipinski definition) is 2. The number of likely N-dealkylation sites (N-methyl/N-ethyl adjacent to an activating group) is 1. The van der Waals surface area contributed by atoms with E-state index >= 15 is 0 Å². The van der Waals surface area contributed by atoms with Crippen LogP contribution in [0.1, 0.15) is 50.0 Å². The Balaban J connectivity index is 1.53. The number of benzene rings is 1. The first-order valence-electron chi connectivity index (χ1n) is 10.1. The molecule has 0 radical (unpaired) electrons. The van der Waals surface area contributed by atoms with E-state index in [-0.39, 0.29) is 5.72 Å². The van der Waals surface area contributed by atoms with Gasteiger partial charge in [-0.15, -0.1) is 0 Å². The zero-order valence-electron chi connectivity index (χ0n) is 15.7. The smallest absolute Gasteiger partial charge is 0.210 e. The van der Waals surface area contributed by atoms with Gasteiger partial charge in [-0.1, -0.05) is 43.2 Å². The fourth-order valence-corrected chi connectivity index (χ4v) is 5.66. The lowest BCUT2D eigenvalue weighted by Gasteiger charge is -2.54. The van der Waals surface area contributed by atoms with Crippen LogP contribution >= 0.6 is 0 Å². The van der Waals surface area contributed by atoms with Crippen LogP contribution in [-0.2, 0) is 4.74 Å². The van der Waals surface area contributed by atoms with Gasteiger partial charge in [0.1, 0.15) is 6.54 Å². The number of fused-ring (bicyclic) bond motifs is 3. The molecule has 3 saturated heterocycles. The Morgan fingerprint density at radius 3 is 2.44 bits per heavy atom. The number of quaternary nitrogens is 1. The Morgan fingerprint density at radius 2 is 1.84 bits per heavy atom. The van der Waals surface area contributed by atoms with Gasteiger partial charge in [0.05, 0.1) is 26.7 Å². The first-order chi connectivity index (χ1) is 12.1. The highest BCUT2D eigenvalue weighted by atomic mass is 16.5. The topological polar surface area (TPSA) is 21.6 Å². The fraction of sp³-hybridized carbons (Fsp3) is 0.682. The summed E-state index contributed by atoms with van der Waals surface area (Å²) in [6, 6.07) is 11.0. The maximum atomic E-state index is 6.70. The molecule has 136 valence electrons. The quantitative estimate of drug-likeness (QED) is 0.560. The molecule has 0 spiro atoms. The van der Waals surface area contributed by atoms with E-state index < -0.39 is 0 Å². The molecule has 1 aliphatic carbocycles. The lowest BCUT2D eigenvalue weighted by Crippen LogP contribution is -2.67. The molecule has 2 atom stereocenters. The molecule has 25 heavy (non-hydrogen) atoms. The molecule has 4 aliphatic rings. The highest BCUT2D eigenvalue weighted by molar-refractivity contribution is 5.26. The first-order valence-corrected chi connectivity index (χ1v) is 10.1. The Labute approximate surface area is 152 Å². The van der Waals surface area contributed by atoms with Gasteiger partial charge in [-0.05, 0) is 31.0 Å². The molecular formula is C22H33N2O+. The van der Waals surface area contributed by atoms with Crippen LogP contribution in [0.4, 0.5) is 0 Å². The summed E-state index contributed by atoms with van der Waals surface area (Å²) >= 11 is 0. The Kier molecular flexibility index (Phi) is 4.72. The number of ether oxygens (including phenoxy) is 1. The van der Waals surface area contributed by atoms with Gasteiger partial charge in [0, 0.05) is 24.7 Å². The van der Waals surface area contributed by atoms with E-state index in [9.17, 15) is 0 Å². The van der Waals surface area contributed by atoms with Crippen LogP contribution in [-0.4, -0.2) is 50.2 Å². The van der Waals surface area contributed by atoms with Crippen molar-refractivity contribution in [3.05, 3.63) is 35.9 Å². The average Bonchev–Trinajstić information content (AvgIpc) is 3.17. The van der Waals surface area contributed by atoms with E-state index in [1.165, 1.54) is 57.2 Å². The number of nitrogens with zero attached hydrogens (tertiary/aromatic N) is 2. The number of aliphatic imine (C=N–C) groups is 1. The minimum Gasteiger partial charge on any atom is -0.348 e. The van der Waals surface area contributed by atoms with Gasteiger partial charge < -0.3 is 9.22 Å². The predicted octanol–water partition coefficient (Wildman–Crippen LogP) is 4.24. The maximum Gasteiger partial charge on any atom is 0.210 e. The van der Waals surface area contributed by atoms with Gasteiger partial charge in [0.2, 0.25) is 5.72 Å². The van der Waals surface area contributed by atoms with Crippen LogP contribution in [0.2, 0.25) is 0 Å². The maximum absolute atomic E-state index is 6.70. The zero-order valence-corrected chi connectivity index (χ0v) is 15.7. The largest absolute Gasteiger partial charge is 0.348 e. The van der Waals surface area contributed by atoms with Crippen LogP contribution in [0.15, 0.2) is 35.3 Å². The molecule has 0 amide bonds. The third-order valence-corrected chi connectivity index (χ3v) is 7.26. The van der Waals surface area contributed by atoms with E-state index in [1.54, 1.807) is 0 Å². The highest BCUT2D eigenvalue weighted by Crippen LogP contribution is 2.44. The van der Waals surface area contributed by atoms with E-state index in [0.29, 0.717) is 11.8 Å². The Morgan fingerprint density at radius 1 is 1.16 bits per heavy atom. The van der Waals surface area contributed by atoms with Gasteiger partial charge in [0.15, 0.2) is 0 Å². The van der Waals surface area contributed by atoms with Crippen molar-refractivity contribution < 1.29 is 9.22 Å². The summed E-state index contributed by atoms with van der Waals surface area (Å²) < 4.78 is 7.81. The van der Waals surface area contributed by atoms with Crippen molar-refractivity contribution in [1.29, 1.82) is 0 Å². The van der Waals surface area contributed by atoms with Crippen LogP contribution in [0.5, 0.6) is 0 Å². The number of piperidine rings is 3. The molecular weight excluding hydrogens is 308 g/mol. The van der Waals surface area contributed by atoms with Crippen molar-refractivity contribution in [3.8, 4) is 0 Å². The van der Waals surface area contributed by atoms with Crippen LogP contribution in [0.25, 0.3) is 0 Å². The second-order valence-corrected chi connectivity index (χ2v) is 8.87. The minimum absolute atomic E-state index is 0.350. The second kappa shape index (κ2) is 6.85. The lowest BCUT2D eigenvalue weighted by atomic mass is 9.79. The third-order valence-electron chi connectivity index (χ3n) is 7.26. The average molecular weight is 342 g/mol. The molecule has 1 saturated carbocycles. The lowest BCUT2D eigenvalue weighted by molar-refractivity contribution is -0.933. The molecule has 3 heteroatoms. The third kappa shape index (κ3) is 3.29. The first kappa shape index (κ1) is 17.2. The molecule has 0 N–H and O–H groups in total. The zero-order chi connectivity index (χ0) is 17.3. The standard InChI is InChI=1S/C22H33N2O/c1-23-22(17-24(2)14-12-20(22)13-15-24)25-16-21(19-10-6-7-11-19)18-8-4-3-5-9-18/h3-5,8-9,19-21H,1,6-7,10-17H2,2H3/q+1/t20?,21?,22-,24?/m1/s1. The van der Waals surface area contributed by atoms with Crippen molar-refractivity contribution in [1.82, 2.24) is 0 Å². The molecule has 0 aromatic heterocycles. The van der Waals surface area contributed by atoms with Crippen LogP contribution < -0.4 is 0 Å². The summed E-state index contributed by atoms with van der Waals surface area (Å²) in [5, 5.41) is 0.